The molecule has 0 saturated carbocycles. The number of halogens is 1. The molecule has 0 aliphatic carbocycles. The van der Waals surface area contributed by atoms with Crippen molar-refractivity contribution >= 4 is 50.1 Å². The SMILES string of the molecule is CCC(C(=O)NC(C)C)N(Cc1ccc(C)cc1)C(=O)CN(c1ccc(I)cc1)S(=O)(=O)c1ccccc1. The molecule has 2 amide bonds. The van der Waals surface area contributed by atoms with E-state index in [2.05, 4.69) is 27.9 Å². The summed E-state index contributed by atoms with van der Waals surface area (Å²) < 4.78 is 29.6. The zero-order valence-corrected chi connectivity index (χ0v) is 25.1. The molecule has 0 aliphatic rings. The fraction of sp³-hybridized carbons (Fsp3) is 0.310. The van der Waals surface area contributed by atoms with E-state index >= 15 is 0 Å². The number of amides is 2. The number of hydrogen-bond donors (Lipinski definition) is 1. The second kappa shape index (κ2) is 13.2. The summed E-state index contributed by atoms with van der Waals surface area (Å²) in [6, 6.07) is 21.9. The number of hydrogen-bond acceptors (Lipinski definition) is 4. The van der Waals surface area contributed by atoms with Gasteiger partial charge < -0.3 is 10.2 Å². The van der Waals surface area contributed by atoms with Crippen molar-refractivity contribution in [3.05, 3.63) is 93.6 Å². The topological polar surface area (TPSA) is 86.8 Å². The largest absolute Gasteiger partial charge is 0.352 e. The van der Waals surface area contributed by atoms with Crippen molar-refractivity contribution < 1.29 is 18.0 Å². The lowest BCUT2D eigenvalue weighted by atomic mass is 10.1. The quantitative estimate of drug-likeness (QED) is 0.293. The molecule has 3 rings (SSSR count). The Hall–Kier alpha value is -2.92. The fourth-order valence-corrected chi connectivity index (χ4v) is 5.84. The van der Waals surface area contributed by atoms with Crippen molar-refractivity contribution in [3.63, 3.8) is 0 Å². The van der Waals surface area contributed by atoms with Gasteiger partial charge in [0.15, 0.2) is 0 Å². The van der Waals surface area contributed by atoms with Crippen LogP contribution in [0.25, 0.3) is 0 Å². The molecule has 0 fully saturated rings. The predicted molar refractivity (Wildman–Crippen MR) is 159 cm³/mol. The molecule has 0 saturated heterocycles. The van der Waals surface area contributed by atoms with E-state index < -0.39 is 28.5 Å². The highest BCUT2D eigenvalue weighted by Gasteiger charge is 2.33. The highest BCUT2D eigenvalue weighted by molar-refractivity contribution is 14.1. The summed E-state index contributed by atoms with van der Waals surface area (Å²) in [5, 5.41) is 2.91. The Morgan fingerprint density at radius 2 is 1.53 bits per heavy atom. The number of benzene rings is 3. The molecule has 0 bridgehead atoms. The minimum absolute atomic E-state index is 0.0843. The monoisotopic (exact) mass is 647 g/mol. The van der Waals surface area contributed by atoms with Crippen LogP contribution in [0.5, 0.6) is 0 Å². The Labute approximate surface area is 239 Å². The number of carbonyl (C=O) groups is 2. The molecule has 1 N–H and O–H groups in total. The molecular formula is C29H34IN3O4S. The van der Waals surface area contributed by atoms with Crippen molar-refractivity contribution in [1.29, 1.82) is 0 Å². The molecule has 0 aromatic heterocycles. The van der Waals surface area contributed by atoms with E-state index in [1.165, 1.54) is 17.0 Å². The maximum absolute atomic E-state index is 14.0. The number of carbonyl (C=O) groups excluding carboxylic acids is 2. The Balaban J connectivity index is 2.04. The van der Waals surface area contributed by atoms with Gasteiger partial charge in [0.1, 0.15) is 12.6 Å². The molecule has 0 spiro atoms. The maximum Gasteiger partial charge on any atom is 0.264 e. The molecule has 38 heavy (non-hydrogen) atoms. The number of anilines is 1. The van der Waals surface area contributed by atoms with Gasteiger partial charge in [0, 0.05) is 16.2 Å². The van der Waals surface area contributed by atoms with Gasteiger partial charge in [0.05, 0.1) is 10.6 Å². The summed E-state index contributed by atoms with van der Waals surface area (Å²) in [5.74, 6) is -0.732. The predicted octanol–water partition coefficient (Wildman–Crippen LogP) is 5.13. The van der Waals surface area contributed by atoms with Crippen LogP contribution >= 0.6 is 22.6 Å². The third-order valence-electron chi connectivity index (χ3n) is 6.02. The van der Waals surface area contributed by atoms with Gasteiger partial charge in [-0.15, -0.1) is 0 Å². The number of nitrogens with zero attached hydrogens (tertiary/aromatic N) is 2. The molecule has 3 aromatic rings. The van der Waals surface area contributed by atoms with Crippen LogP contribution < -0.4 is 9.62 Å². The summed E-state index contributed by atoms with van der Waals surface area (Å²) in [7, 11) is -4.06. The summed E-state index contributed by atoms with van der Waals surface area (Å²) >= 11 is 2.15. The summed E-state index contributed by atoms with van der Waals surface area (Å²) in [6.45, 7) is 7.27. The molecule has 3 aromatic carbocycles. The Morgan fingerprint density at radius 3 is 2.08 bits per heavy atom. The van der Waals surface area contributed by atoms with E-state index in [1.54, 1.807) is 42.5 Å². The van der Waals surface area contributed by atoms with E-state index in [-0.39, 0.29) is 23.4 Å². The number of aryl methyl sites for hydroxylation is 1. The molecule has 1 unspecified atom stereocenters. The zero-order valence-electron chi connectivity index (χ0n) is 22.1. The van der Waals surface area contributed by atoms with Crippen molar-refractivity contribution in [2.45, 2.75) is 57.6 Å². The van der Waals surface area contributed by atoms with Gasteiger partial charge in [-0.3, -0.25) is 13.9 Å². The Bertz CT molecular complexity index is 1330. The van der Waals surface area contributed by atoms with Crippen molar-refractivity contribution in [1.82, 2.24) is 10.2 Å². The normalized spacial score (nSPS) is 12.2. The minimum Gasteiger partial charge on any atom is -0.352 e. The lowest BCUT2D eigenvalue weighted by molar-refractivity contribution is -0.140. The van der Waals surface area contributed by atoms with Gasteiger partial charge in [-0.1, -0.05) is 55.0 Å². The zero-order chi connectivity index (χ0) is 27.9. The molecule has 7 nitrogen and oxygen atoms in total. The van der Waals surface area contributed by atoms with E-state index in [9.17, 15) is 18.0 Å². The number of sulfonamides is 1. The van der Waals surface area contributed by atoms with E-state index in [1.807, 2.05) is 52.0 Å². The van der Waals surface area contributed by atoms with Crippen molar-refractivity contribution in [3.8, 4) is 0 Å². The Kier molecular flexibility index (Phi) is 10.3. The van der Waals surface area contributed by atoms with Crippen molar-refractivity contribution in [2.24, 2.45) is 0 Å². The van der Waals surface area contributed by atoms with Gasteiger partial charge >= 0.3 is 0 Å². The molecule has 0 heterocycles. The van der Waals surface area contributed by atoms with E-state index in [0.29, 0.717) is 12.1 Å². The first-order valence-corrected chi connectivity index (χ1v) is 15.0. The summed E-state index contributed by atoms with van der Waals surface area (Å²) in [5.41, 5.74) is 2.30. The van der Waals surface area contributed by atoms with Crippen LogP contribution in [0, 0.1) is 10.5 Å². The second-order valence-electron chi connectivity index (χ2n) is 9.40. The first kappa shape index (κ1) is 29.6. The molecule has 9 heteroatoms. The average Bonchev–Trinajstić information content (AvgIpc) is 2.89. The number of nitrogens with one attached hydrogen (secondary N) is 1. The molecule has 0 radical (unpaired) electrons. The highest BCUT2D eigenvalue weighted by Crippen LogP contribution is 2.25. The molecule has 0 aliphatic heterocycles. The average molecular weight is 648 g/mol. The molecular weight excluding hydrogens is 613 g/mol. The molecule has 1 atom stereocenters. The first-order valence-electron chi connectivity index (χ1n) is 12.5. The Morgan fingerprint density at radius 1 is 0.921 bits per heavy atom. The summed E-state index contributed by atoms with van der Waals surface area (Å²) in [4.78, 5) is 28.7. The van der Waals surface area contributed by atoms with Crippen LogP contribution in [0.3, 0.4) is 0 Å². The second-order valence-corrected chi connectivity index (χ2v) is 12.5. The maximum atomic E-state index is 14.0. The highest BCUT2D eigenvalue weighted by atomic mass is 127. The lowest BCUT2D eigenvalue weighted by Crippen LogP contribution is -2.53. The van der Waals surface area contributed by atoms with Crippen LogP contribution in [0.2, 0.25) is 0 Å². The van der Waals surface area contributed by atoms with Gasteiger partial charge in [-0.25, -0.2) is 8.42 Å². The van der Waals surface area contributed by atoms with Gasteiger partial charge in [-0.2, -0.15) is 0 Å². The van der Waals surface area contributed by atoms with Gasteiger partial charge in [-0.05, 0) is 91.7 Å². The third-order valence-corrected chi connectivity index (χ3v) is 8.52. The van der Waals surface area contributed by atoms with Crippen LogP contribution in [-0.4, -0.2) is 43.8 Å². The third kappa shape index (κ3) is 7.57. The van der Waals surface area contributed by atoms with E-state index in [4.69, 9.17) is 0 Å². The fourth-order valence-electron chi connectivity index (χ4n) is 4.05. The van der Waals surface area contributed by atoms with Gasteiger partial charge in [0.25, 0.3) is 10.0 Å². The minimum atomic E-state index is -4.06. The summed E-state index contributed by atoms with van der Waals surface area (Å²) in [6.07, 6.45) is 0.380. The first-order chi connectivity index (χ1) is 18.0. The van der Waals surface area contributed by atoms with Crippen LogP contribution in [0.4, 0.5) is 5.69 Å². The molecule has 202 valence electrons. The van der Waals surface area contributed by atoms with Crippen LogP contribution in [0.1, 0.15) is 38.3 Å². The lowest BCUT2D eigenvalue weighted by Gasteiger charge is -2.33. The standard InChI is InChI=1S/C29H34IN3O4S/c1-5-27(29(35)31-21(2)3)32(19-23-13-11-22(4)12-14-23)28(34)20-33(25-17-15-24(30)16-18-25)38(36,37)26-9-7-6-8-10-26/h6-18,21,27H,5,19-20H2,1-4H3,(H,31,35). The van der Waals surface area contributed by atoms with Crippen LogP contribution in [-0.2, 0) is 26.2 Å². The van der Waals surface area contributed by atoms with Crippen LogP contribution in [0.15, 0.2) is 83.8 Å². The van der Waals surface area contributed by atoms with Crippen molar-refractivity contribution in [2.75, 3.05) is 10.8 Å². The smallest absolute Gasteiger partial charge is 0.264 e. The van der Waals surface area contributed by atoms with E-state index in [0.717, 1.165) is 19.0 Å². The number of rotatable bonds is 11. The van der Waals surface area contributed by atoms with Gasteiger partial charge in [0.2, 0.25) is 11.8 Å².